The third-order valence-corrected chi connectivity index (χ3v) is 5.99. The van der Waals surface area contributed by atoms with Crippen molar-refractivity contribution in [2.24, 2.45) is 10.9 Å². The number of hydrogen-bond acceptors (Lipinski definition) is 4. The van der Waals surface area contributed by atoms with E-state index in [0.717, 1.165) is 6.20 Å². The summed E-state index contributed by atoms with van der Waals surface area (Å²) in [7, 11) is -3.82. The number of imidazole rings is 1. The van der Waals surface area contributed by atoms with Crippen LogP contribution < -0.4 is 10.6 Å². The number of alkyl halides is 5. The highest BCUT2D eigenvalue weighted by molar-refractivity contribution is 7.90. The summed E-state index contributed by atoms with van der Waals surface area (Å²) in [4.78, 5) is 7.78. The summed E-state index contributed by atoms with van der Waals surface area (Å²) in [5.41, 5.74) is -5.30. The Morgan fingerprint density at radius 1 is 1.32 bits per heavy atom. The Labute approximate surface area is 158 Å². The number of halogens is 5. The maximum atomic E-state index is 12.8. The fraction of sp³-hybridized carbons (Fsp3) is 0.714. The molecule has 0 saturated carbocycles. The third kappa shape index (κ3) is 5.31. The molecule has 8 nitrogen and oxygen atoms in total. The predicted molar refractivity (Wildman–Crippen MR) is 91.0 cm³/mol. The second-order valence-corrected chi connectivity index (χ2v) is 8.06. The number of aromatic nitrogens is 2. The smallest absolute Gasteiger partial charge is 0.356 e. The van der Waals surface area contributed by atoms with Gasteiger partial charge in [-0.25, -0.2) is 13.4 Å². The molecule has 0 atom stereocenters. The molecule has 0 unspecified atom stereocenters. The first-order valence-electron chi connectivity index (χ1n) is 8.37. The molecule has 28 heavy (non-hydrogen) atoms. The molecule has 0 aliphatic carbocycles. The van der Waals surface area contributed by atoms with Gasteiger partial charge in [0.1, 0.15) is 5.82 Å². The van der Waals surface area contributed by atoms with E-state index in [9.17, 15) is 30.4 Å². The van der Waals surface area contributed by atoms with Gasteiger partial charge in [0.15, 0.2) is 5.96 Å². The Bertz CT molecular complexity index is 771. The number of sulfonamides is 1. The summed E-state index contributed by atoms with van der Waals surface area (Å²) in [6.07, 6.45) is 2.92. The number of rotatable bonds is 6. The van der Waals surface area contributed by atoms with Crippen LogP contribution in [0.5, 0.6) is 0 Å². The summed E-state index contributed by atoms with van der Waals surface area (Å²) in [5.74, 6) is 0.374. The van der Waals surface area contributed by atoms with Gasteiger partial charge in [-0.05, 0) is 18.8 Å². The molecule has 0 aromatic carbocycles. The van der Waals surface area contributed by atoms with Gasteiger partial charge in [0.05, 0.1) is 6.54 Å². The second-order valence-electron chi connectivity index (χ2n) is 6.13. The van der Waals surface area contributed by atoms with Crippen LogP contribution in [0.3, 0.4) is 0 Å². The van der Waals surface area contributed by atoms with E-state index < -0.39 is 22.1 Å². The van der Waals surface area contributed by atoms with Crippen molar-refractivity contribution in [3.63, 3.8) is 0 Å². The van der Waals surface area contributed by atoms with Gasteiger partial charge in [0.25, 0.3) is 0 Å². The van der Waals surface area contributed by atoms with Crippen LogP contribution >= 0.6 is 0 Å². The van der Waals surface area contributed by atoms with Crippen LogP contribution in [0.15, 0.2) is 17.4 Å². The minimum Gasteiger partial charge on any atom is -0.356 e. The lowest BCUT2D eigenvalue weighted by Crippen LogP contribution is -2.47. The fourth-order valence-corrected chi connectivity index (χ4v) is 3.77. The molecule has 0 spiro atoms. The molecule has 2 N–H and O–H groups in total. The molecule has 1 aliphatic heterocycles. The molecular formula is C14H21F5N6O2S. The van der Waals surface area contributed by atoms with Crippen LogP contribution in [0, 0.1) is 5.92 Å². The largest absolute Gasteiger partial charge is 0.511 e. The summed E-state index contributed by atoms with van der Waals surface area (Å²) in [6, 6.07) is 0. The zero-order valence-corrected chi connectivity index (χ0v) is 15.8. The van der Waals surface area contributed by atoms with Gasteiger partial charge in [-0.15, -0.1) is 0 Å². The normalized spacial score (nSPS) is 17.9. The molecule has 0 amide bonds. The van der Waals surface area contributed by atoms with Crippen LogP contribution in [0.1, 0.15) is 25.2 Å². The van der Waals surface area contributed by atoms with Gasteiger partial charge < -0.3 is 10.6 Å². The van der Waals surface area contributed by atoms with Gasteiger partial charge in [0.2, 0.25) is 0 Å². The standard InChI is InChI=1S/C14H21F5N6O2S/c1-20-13(23-9-11-21-4-7-25(11)12(15)16)22-8-10-2-5-24(6-3-10)28(26,27)14(17,18)19/h4,7,10,12H,2-3,5-6,8-9H2,1H3,(H2,20,22,23). The van der Waals surface area contributed by atoms with Crippen LogP contribution in [0.4, 0.5) is 22.0 Å². The topological polar surface area (TPSA) is 91.6 Å². The van der Waals surface area contributed by atoms with E-state index in [1.54, 1.807) is 0 Å². The highest BCUT2D eigenvalue weighted by atomic mass is 32.2. The molecule has 14 heteroatoms. The lowest BCUT2D eigenvalue weighted by Gasteiger charge is -2.31. The minimum absolute atomic E-state index is 0.000710. The van der Waals surface area contributed by atoms with Gasteiger partial charge in [-0.1, -0.05) is 0 Å². The van der Waals surface area contributed by atoms with Crippen molar-refractivity contribution in [1.82, 2.24) is 24.5 Å². The maximum Gasteiger partial charge on any atom is 0.511 e. The predicted octanol–water partition coefficient (Wildman–Crippen LogP) is 1.50. The Hall–Kier alpha value is -1.96. The first-order chi connectivity index (χ1) is 13.1. The number of nitrogens with one attached hydrogen (secondary N) is 2. The highest BCUT2D eigenvalue weighted by Gasteiger charge is 2.50. The Kier molecular flexibility index (Phi) is 7.20. The van der Waals surface area contributed by atoms with E-state index in [0.29, 0.717) is 21.4 Å². The van der Waals surface area contributed by atoms with Crippen molar-refractivity contribution in [3.05, 3.63) is 18.2 Å². The first kappa shape index (κ1) is 22.3. The van der Waals surface area contributed by atoms with E-state index in [-0.39, 0.29) is 44.2 Å². The van der Waals surface area contributed by atoms with E-state index in [1.165, 1.54) is 13.2 Å². The monoisotopic (exact) mass is 432 g/mol. The molecule has 0 radical (unpaired) electrons. The average molecular weight is 432 g/mol. The highest BCUT2D eigenvalue weighted by Crippen LogP contribution is 2.30. The maximum absolute atomic E-state index is 12.8. The number of nitrogens with zero attached hydrogens (tertiary/aromatic N) is 4. The van der Waals surface area contributed by atoms with Crippen LogP contribution in [0.25, 0.3) is 0 Å². The molecule has 2 rings (SSSR count). The molecular weight excluding hydrogens is 411 g/mol. The van der Waals surface area contributed by atoms with E-state index >= 15 is 0 Å². The van der Waals surface area contributed by atoms with Crippen LogP contribution in [0.2, 0.25) is 0 Å². The number of aliphatic imine (C=N–C) groups is 1. The quantitative estimate of drug-likeness (QED) is 0.404. The molecule has 1 saturated heterocycles. The first-order valence-corrected chi connectivity index (χ1v) is 9.81. The summed E-state index contributed by atoms with van der Waals surface area (Å²) >= 11 is 0. The van der Waals surface area contributed by atoms with Gasteiger partial charge in [-0.2, -0.15) is 26.3 Å². The SMILES string of the molecule is CN=C(NCc1nccn1C(F)F)NCC1CCN(S(=O)(=O)C(F)(F)F)CC1. The van der Waals surface area contributed by atoms with Crippen LogP contribution in [-0.2, 0) is 16.6 Å². The fourth-order valence-electron chi connectivity index (χ4n) is 2.78. The van der Waals surface area contributed by atoms with Crippen molar-refractivity contribution in [2.45, 2.75) is 31.4 Å². The molecule has 1 aromatic rings. The van der Waals surface area contributed by atoms with Crippen LogP contribution in [-0.4, -0.2) is 60.4 Å². The van der Waals surface area contributed by atoms with Gasteiger partial charge in [-0.3, -0.25) is 9.56 Å². The number of guanidine groups is 1. The second kappa shape index (κ2) is 9.03. The molecule has 160 valence electrons. The number of piperidine rings is 1. The van der Waals surface area contributed by atoms with Crippen molar-refractivity contribution < 1.29 is 30.4 Å². The van der Waals surface area contributed by atoms with Crippen molar-refractivity contribution >= 4 is 16.0 Å². The average Bonchev–Trinajstić information content (AvgIpc) is 3.10. The van der Waals surface area contributed by atoms with Gasteiger partial charge >= 0.3 is 22.1 Å². The molecule has 1 aromatic heterocycles. The van der Waals surface area contributed by atoms with Crippen molar-refractivity contribution in [1.29, 1.82) is 0 Å². The molecule has 1 aliphatic rings. The van der Waals surface area contributed by atoms with Crippen molar-refractivity contribution in [3.8, 4) is 0 Å². The Morgan fingerprint density at radius 2 is 1.96 bits per heavy atom. The number of hydrogen-bond donors (Lipinski definition) is 2. The lowest BCUT2D eigenvalue weighted by molar-refractivity contribution is -0.0496. The van der Waals surface area contributed by atoms with E-state index in [1.807, 2.05) is 0 Å². The lowest BCUT2D eigenvalue weighted by atomic mass is 9.98. The summed E-state index contributed by atoms with van der Waals surface area (Å²) in [6.45, 7) is -2.80. The summed E-state index contributed by atoms with van der Waals surface area (Å²) < 4.78 is 87.2. The van der Waals surface area contributed by atoms with E-state index in [4.69, 9.17) is 0 Å². The summed E-state index contributed by atoms with van der Waals surface area (Å²) in [5, 5.41) is 5.79. The molecule has 2 heterocycles. The van der Waals surface area contributed by atoms with Crippen molar-refractivity contribution in [2.75, 3.05) is 26.7 Å². The zero-order valence-electron chi connectivity index (χ0n) is 15.0. The third-order valence-electron chi connectivity index (χ3n) is 4.36. The minimum atomic E-state index is -5.30. The Morgan fingerprint density at radius 3 is 2.50 bits per heavy atom. The molecule has 0 bridgehead atoms. The van der Waals surface area contributed by atoms with E-state index in [2.05, 4.69) is 20.6 Å². The van der Waals surface area contributed by atoms with Gasteiger partial charge in [0, 0.05) is 39.1 Å². The molecule has 1 fully saturated rings. The zero-order chi connectivity index (χ0) is 20.9. The Balaban J connectivity index is 1.80.